The molecule has 1 radical (unpaired) electrons. The number of para-hydroxylation sites is 1. The van der Waals surface area contributed by atoms with E-state index in [-0.39, 0.29) is 116 Å². The number of ether oxygens (including phenoxy) is 1. The van der Waals surface area contributed by atoms with Crippen molar-refractivity contribution in [2.45, 2.75) is 11.4 Å². The van der Waals surface area contributed by atoms with Gasteiger partial charge in [0.05, 0.1) is 24.2 Å². The number of anilines is 2. The van der Waals surface area contributed by atoms with E-state index >= 15 is 0 Å². The van der Waals surface area contributed by atoms with Crippen LogP contribution in [0.2, 0.25) is 0 Å². The molecule has 17 nitrogen and oxygen atoms in total. The van der Waals surface area contributed by atoms with Gasteiger partial charge in [0.25, 0.3) is 0 Å². The molecule has 0 aromatic heterocycles. The van der Waals surface area contributed by atoms with Crippen LogP contribution in [0.5, 0.6) is 17.2 Å². The smallest absolute Gasteiger partial charge is 0.726 e. The quantitative estimate of drug-likeness (QED) is 0.0378. The average molecular weight is 947 g/mol. The van der Waals surface area contributed by atoms with Crippen molar-refractivity contribution < 1.29 is 125 Å². The molecule has 5 aromatic carbocycles. The van der Waals surface area contributed by atoms with E-state index in [4.69, 9.17) is 22.3 Å². The molecule has 0 atom stereocenters. The Hall–Kier alpha value is -3.41. The van der Waals surface area contributed by atoms with Crippen molar-refractivity contribution in [3.05, 3.63) is 115 Å². The summed E-state index contributed by atoms with van der Waals surface area (Å²) in [5.41, 5.74) is 3.21. The van der Waals surface area contributed by atoms with Gasteiger partial charge in [-0.05, 0) is 35.9 Å². The first-order valence-corrected chi connectivity index (χ1v) is 21.2. The molecular weight excluding hydrogens is 910 g/mol. The summed E-state index contributed by atoms with van der Waals surface area (Å²) in [6.07, 6.45) is 0. The van der Waals surface area contributed by atoms with Crippen LogP contribution in [0.3, 0.4) is 0 Å². The van der Waals surface area contributed by atoms with E-state index in [1.165, 1.54) is 13.2 Å². The number of hydrogen-bond acceptors (Lipinski definition) is 16. The van der Waals surface area contributed by atoms with Crippen molar-refractivity contribution in [1.29, 1.82) is 0 Å². The van der Waals surface area contributed by atoms with E-state index in [0.717, 1.165) is 22.7 Å². The average Bonchev–Trinajstić information content (AvgIpc) is 3.18. The summed E-state index contributed by atoms with van der Waals surface area (Å²) < 4.78 is 87.1. The molecule has 0 fully saturated rings. The minimum Gasteiger partial charge on any atom is -0.726 e. The molecule has 60 heavy (non-hydrogen) atoms. The van der Waals surface area contributed by atoms with Crippen molar-refractivity contribution in [2.24, 2.45) is 20.5 Å². The van der Waals surface area contributed by atoms with Crippen LogP contribution in [0.25, 0.3) is 10.8 Å². The number of nitrogens with one attached hydrogen (secondary N) is 1. The Labute approximate surface area is 403 Å². The van der Waals surface area contributed by atoms with Gasteiger partial charge in [-0.2, -0.15) is 27.5 Å². The molecule has 0 aliphatic heterocycles. The number of methoxy groups -OCH3 is 1. The molecule has 5 rings (SSSR count). The van der Waals surface area contributed by atoms with E-state index in [2.05, 4.69) is 45.3 Å². The van der Waals surface area contributed by atoms with Gasteiger partial charge in [0.1, 0.15) is 22.1 Å². The summed E-state index contributed by atoms with van der Waals surface area (Å²) in [4.78, 5) is 1.73. The first-order valence-electron chi connectivity index (χ1n) is 16.5. The molecule has 0 aliphatic rings. The third kappa shape index (κ3) is 15.5. The van der Waals surface area contributed by atoms with Crippen LogP contribution in [0.4, 0.5) is 34.1 Å². The van der Waals surface area contributed by atoms with Crippen molar-refractivity contribution in [3.8, 4) is 17.2 Å². The Balaban J connectivity index is 0.00000212. The Kier molecular flexibility index (Phi) is 22.1. The van der Waals surface area contributed by atoms with Crippen LogP contribution >= 0.6 is 0 Å². The van der Waals surface area contributed by atoms with Crippen molar-refractivity contribution in [1.82, 2.24) is 0 Å². The summed E-state index contributed by atoms with van der Waals surface area (Å²) in [5, 5.41) is 43.7. The number of sulfone groups is 2. The summed E-state index contributed by atoms with van der Waals surface area (Å²) in [5.74, 6) is -1.29. The molecule has 313 valence electrons. The second kappa shape index (κ2) is 24.3. The minimum absolute atomic E-state index is 0. The van der Waals surface area contributed by atoms with Gasteiger partial charge in [0.2, 0.25) is 10.4 Å². The molecular formula is C37H37CuN6Na2O11S3-. The molecule has 0 bridgehead atoms. The first kappa shape index (κ1) is 54.6. The number of benzene rings is 5. The van der Waals surface area contributed by atoms with E-state index in [0.29, 0.717) is 34.4 Å². The van der Waals surface area contributed by atoms with Crippen molar-refractivity contribution >= 4 is 75.0 Å². The molecule has 5 aromatic rings. The molecule has 0 spiro atoms. The topological polar surface area (TPSA) is 260 Å². The van der Waals surface area contributed by atoms with Crippen LogP contribution in [0.1, 0.15) is 5.56 Å². The largest absolute Gasteiger partial charge is 1.00 e. The Bertz CT molecular complexity index is 2650. The molecule has 4 N–H and O–H groups in total. The van der Waals surface area contributed by atoms with Crippen LogP contribution < -0.4 is 74.1 Å². The summed E-state index contributed by atoms with van der Waals surface area (Å²) in [6, 6.07) is 27.0. The summed E-state index contributed by atoms with van der Waals surface area (Å²) in [6.45, 7) is 7.51. The molecule has 0 unspecified atom stereocenters. The van der Waals surface area contributed by atoms with Crippen molar-refractivity contribution in [2.75, 3.05) is 42.4 Å². The molecule has 0 amide bonds. The van der Waals surface area contributed by atoms with E-state index < -0.39 is 41.6 Å². The second-order valence-electron chi connectivity index (χ2n) is 11.8. The fourth-order valence-corrected chi connectivity index (χ4v) is 6.82. The van der Waals surface area contributed by atoms with Gasteiger partial charge in [-0.3, -0.25) is 4.55 Å². The monoisotopic (exact) mass is 946 g/mol. The van der Waals surface area contributed by atoms with Crippen LogP contribution in [0.15, 0.2) is 122 Å². The van der Waals surface area contributed by atoms with Crippen LogP contribution in [-0.2, 0) is 53.7 Å². The van der Waals surface area contributed by atoms with Gasteiger partial charge in [0, 0.05) is 77.6 Å². The molecule has 0 aliphatic carbocycles. The Morgan fingerprint density at radius 2 is 1.58 bits per heavy atom. The van der Waals surface area contributed by atoms with Gasteiger partial charge < -0.3 is 36.6 Å². The van der Waals surface area contributed by atoms with Crippen LogP contribution in [-0.4, -0.2) is 76.8 Å². The normalized spacial score (nSPS) is 11.4. The van der Waals surface area contributed by atoms with Crippen LogP contribution in [0, 0.1) is 13.0 Å². The van der Waals surface area contributed by atoms with Gasteiger partial charge in [-0.15, -0.1) is 5.11 Å². The predicted octanol–water partition coefficient (Wildman–Crippen LogP) is 1.12. The Morgan fingerprint density at radius 1 is 0.917 bits per heavy atom. The van der Waals surface area contributed by atoms with Crippen molar-refractivity contribution in [3.63, 3.8) is 0 Å². The van der Waals surface area contributed by atoms with Gasteiger partial charge in [-0.1, -0.05) is 59.5 Å². The number of aromatic hydroxyl groups is 2. The number of phenolic OH excluding ortho intramolecular Hbond substituents is 2. The first-order chi connectivity index (χ1) is 26.9. The number of fused-ring (bicyclic) bond motifs is 1. The molecule has 0 heterocycles. The van der Waals surface area contributed by atoms with Gasteiger partial charge >= 0.3 is 59.1 Å². The number of phenols is 2. The van der Waals surface area contributed by atoms with Gasteiger partial charge in [-0.25, -0.2) is 25.3 Å². The molecule has 0 saturated heterocycles. The molecule has 0 saturated carbocycles. The third-order valence-electron chi connectivity index (χ3n) is 8.01. The SMILES string of the molecule is C=CS(=O)(=O)CCN(Cc1cccc(N=Nc2c(NC)ccc3c(O)c(N=Nc4cc(OC)c(S(=O)(=O)C[CH2-])cc4O)[c-]cc23)c1)c1ccccc1.O=S(=O)([O-])O.[Cu].[Na+].[Na+]. The number of azo groups is 2. The maximum Gasteiger partial charge on any atom is 1.00 e. The summed E-state index contributed by atoms with van der Waals surface area (Å²) >= 11 is 0. The van der Waals surface area contributed by atoms with E-state index in [9.17, 15) is 27.0 Å². The number of nitrogens with zero attached hydrogens (tertiary/aromatic N) is 5. The number of rotatable bonds is 15. The zero-order chi connectivity index (χ0) is 42.0. The maximum atomic E-state index is 12.4. The van der Waals surface area contributed by atoms with E-state index in [1.807, 2.05) is 53.4 Å². The molecule has 23 heteroatoms. The number of hydrogen-bond donors (Lipinski definition) is 4. The fourth-order valence-electron chi connectivity index (χ4n) is 5.22. The standard InChI is InChI=1S/C37H36N6O7S2.Cu.2Na.H2O4S/c1-5-51(46,47)20-19-43(27-13-8-7-9-14-27)24-25-11-10-12-26(21-25)39-42-36-28-15-18-31(37(45)29(28)16-17-30(36)38-3)40-41-32-22-34(50-4)35(23-33(32)44)52(48,49)6-2;;;;1-5(2,3)4/h5,7-17,21-23,38,44-45H,1-2,6,19-20,24H2,3-4H3;;;;(H2,1,2,3,4)/q-2;;2*+1;/p-1. The zero-order valence-corrected chi connectivity index (χ0v) is 40.2. The third-order valence-corrected chi connectivity index (χ3v) is 10.8. The second-order valence-corrected chi connectivity index (χ2v) is 16.8. The predicted molar refractivity (Wildman–Crippen MR) is 215 cm³/mol. The minimum atomic E-state index is -4.92. The summed E-state index contributed by atoms with van der Waals surface area (Å²) in [7, 11) is -9.10. The van der Waals surface area contributed by atoms with E-state index in [1.54, 1.807) is 31.3 Å². The fraction of sp³-hybridized carbons (Fsp3) is 0.162. The zero-order valence-electron chi connectivity index (χ0n) is 32.8. The maximum absolute atomic E-state index is 12.4. The Morgan fingerprint density at radius 3 is 2.18 bits per heavy atom. The van der Waals surface area contributed by atoms with Gasteiger partial charge in [0.15, 0.2) is 19.7 Å².